The lowest BCUT2D eigenvalue weighted by atomic mass is 10.2. The Bertz CT molecular complexity index is 369. The van der Waals surface area contributed by atoms with Crippen LogP contribution in [0, 0.1) is 0 Å². The molecule has 1 saturated heterocycles. The number of nitrogens with one attached hydrogen (secondary N) is 1. The Kier molecular flexibility index (Phi) is 5.60. The smallest absolute Gasteiger partial charge is 0.185 e. The molecule has 1 N–H and O–H groups in total. The van der Waals surface area contributed by atoms with Gasteiger partial charge in [0.25, 0.3) is 0 Å². The normalized spacial score (nSPS) is 17.4. The molecule has 1 aromatic heterocycles. The van der Waals surface area contributed by atoms with Crippen molar-refractivity contribution in [1.29, 1.82) is 0 Å². The summed E-state index contributed by atoms with van der Waals surface area (Å²) in [6.07, 6.45) is 1.17. The fraction of sp³-hybridized carbons (Fsp3) is 0.786. The molecule has 5 heteroatoms. The molecule has 1 fully saturated rings. The average Bonchev–Trinajstić information content (AvgIpc) is 2.88. The van der Waals surface area contributed by atoms with Gasteiger partial charge in [-0.15, -0.1) is 11.3 Å². The first-order chi connectivity index (χ1) is 9.20. The van der Waals surface area contributed by atoms with Crippen LogP contribution in [0.3, 0.4) is 0 Å². The van der Waals surface area contributed by atoms with E-state index in [0.717, 1.165) is 39.3 Å². The topological polar surface area (TPSA) is 31.4 Å². The Morgan fingerprint density at radius 1 is 1.32 bits per heavy atom. The molecule has 0 aliphatic carbocycles. The zero-order valence-electron chi connectivity index (χ0n) is 12.4. The second-order valence-electron chi connectivity index (χ2n) is 5.41. The lowest BCUT2D eigenvalue weighted by Gasteiger charge is -2.36. The van der Waals surface area contributed by atoms with Crippen molar-refractivity contribution in [3.8, 4) is 0 Å². The van der Waals surface area contributed by atoms with Gasteiger partial charge in [-0.1, -0.05) is 6.92 Å². The van der Waals surface area contributed by atoms with Crippen molar-refractivity contribution in [3.63, 3.8) is 0 Å². The van der Waals surface area contributed by atoms with Crippen LogP contribution in [-0.2, 0) is 6.54 Å². The van der Waals surface area contributed by atoms with Crippen molar-refractivity contribution in [3.05, 3.63) is 11.1 Å². The molecule has 2 heterocycles. The Balaban J connectivity index is 1.82. The highest BCUT2D eigenvalue weighted by atomic mass is 32.1. The maximum Gasteiger partial charge on any atom is 0.185 e. The number of nitrogens with zero attached hydrogens (tertiary/aromatic N) is 3. The van der Waals surface area contributed by atoms with E-state index in [0.29, 0.717) is 6.04 Å². The first-order valence-corrected chi connectivity index (χ1v) is 8.22. The highest BCUT2D eigenvalue weighted by Crippen LogP contribution is 2.22. The summed E-state index contributed by atoms with van der Waals surface area (Å²) in [4.78, 5) is 9.70. The van der Waals surface area contributed by atoms with Crippen molar-refractivity contribution in [2.45, 2.75) is 39.8 Å². The molecule has 1 aliphatic heterocycles. The molecule has 19 heavy (non-hydrogen) atoms. The maximum absolute atomic E-state index is 4.74. The second kappa shape index (κ2) is 7.22. The molecule has 0 radical (unpaired) electrons. The lowest BCUT2D eigenvalue weighted by molar-refractivity contribution is 0.209. The summed E-state index contributed by atoms with van der Waals surface area (Å²) in [5.74, 6) is 0. The van der Waals surface area contributed by atoms with Gasteiger partial charge in [0.15, 0.2) is 5.13 Å². The van der Waals surface area contributed by atoms with Gasteiger partial charge in [0.05, 0.1) is 5.69 Å². The number of rotatable bonds is 6. The third-order valence-electron chi connectivity index (χ3n) is 3.59. The van der Waals surface area contributed by atoms with Crippen molar-refractivity contribution in [1.82, 2.24) is 15.2 Å². The Morgan fingerprint density at radius 3 is 2.68 bits per heavy atom. The first kappa shape index (κ1) is 14.8. The van der Waals surface area contributed by atoms with E-state index in [1.165, 1.54) is 17.2 Å². The van der Waals surface area contributed by atoms with E-state index in [9.17, 15) is 0 Å². The summed E-state index contributed by atoms with van der Waals surface area (Å²) in [6.45, 7) is 13.2. The molecule has 4 nitrogen and oxygen atoms in total. The highest BCUT2D eigenvalue weighted by Gasteiger charge is 2.20. The minimum Gasteiger partial charge on any atom is -0.346 e. The monoisotopic (exact) mass is 282 g/mol. The fourth-order valence-electron chi connectivity index (χ4n) is 2.35. The molecule has 0 aromatic carbocycles. The number of thiazole rings is 1. The minimum atomic E-state index is 0.659. The average molecular weight is 282 g/mol. The van der Waals surface area contributed by atoms with Crippen LogP contribution in [0.2, 0.25) is 0 Å². The summed E-state index contributed by atoms with van der Waals surface area (Å²) in [5.41, 5.74) is 1.18. The summed E-state index contributed by atoms with van der Waals surface area (Å²) < 4.78 is 0. The van der Waals surface area contributed by atoms with Crippen LogP contribution in [0.15, 0.2) is 5.38 Å². The lowest BCUT2D eigenvalue weighted by Crippen LogP contribution is -2.48. The van der Waals surface area contributed by atoms with E-state index in [1.54, 1.807) is 11.3 Å². The van der Waals surface area contributed by atoms with E-state index >= 15 is 0 Å². The van der Waals surface area contributed by atoms with Gasteiger partial charge in [0, 0.05) is 44.1 Å². The van der Waals surface area contributed by atoms with Crippen LogP contribution in [0.5, 0.6) is 0 Å². The van der Waals surface area contributed by atoms with Crippen LogP contribution in [0.1, 0.15) is 32.9 Å². The Labute approximate surface area is 120 Å². The second-order valence-corrected chi connectivity index (χ2v) is 6.25. The molecule has 0 atom stereocenters. The van der Waals surface area contributed by atoms with Crippen LogP contribution in [0.25, 0.3) is 0 Å². The molecule has 0 saturated carbocycles. The van der Waals surface area contributed by atoms with Crippen molar-refractivity contribution >= 4 is 16.5 Å². The van der Waals surface area contributed by atoms with Gasteiger partial charge in [0.2, 0.25) is 0 Å². The largest absolute Gasteiger partial charge is 0.346 e. The van der Waals surface area contributed by atoms with Gasteiger partial charge in [-0.2, -0.15) is 0 Å². The summed E-state index contributed by atoms with van der Waals surface area (Å²) in [7, 11) is 0. The predicted molar refractivity (Wildman–Crippen MR) is 83.0 cm³/mol. The molecular formula is C14H26N4S. The van der Waals surface area contributed by atoms with Crippen LogP contribution >= 0.6 is 11.3 Å². The molecule has 0 unspecified atom stereocenters. The molecule has 108 valence electrons. The molecule has 2 rings (SSSR count). The summed E-state index contributed by atoms with van der Waals surface area (Å²) in [5, 5.41) is 6.79. The summed E-state index contributed by atoms with van der Waals surface area (Å²) >= 11 is 1.78. The zero-order valence-corrected chi connectivity index (χ0v) is 13.2. The van der Waals surface area contributed by atoms with E-state index < -0.39 is 0 Å². The van der Waals surface area contributed by atoms with Gasteiger partial charge in [-0.25, -0.2) is 4.98 Å². The number of aromatic nitrogens is 1. The number of piperazine rings is 1. The van der Waals surface area contributed by atoms with Crippen molar-refractivity contribution < 1.29 is 0 Å². The number of anilines is 1. The fourth-order valence-corrected chi connectivity index (χ4v) is 3.22. The minimum absolute atomic E-state index is 0.659. The number of hydrogen-bond acceptors (Lipinski definition) is 5. The van der Waals surface area contributed by atoms with E-state index in [1.807, 2.05) is 0 Å². The standard InChI is InChI=1S/C14H26N4S/c1-4-5-15-10-13-11-19-14(16-13)18-8-6-17(7-9-18)12(2)3/h11-12,15H,4-10H2,1-3H3. The van der Waals surface area contributed by atoms with Crippen molar-refractivity contribution in [2.75, 3.05) is 37.6 Å². The SMILES string of the molecule is CCCNCc1csc(N2CCN(C(C)C)CC2)n1. The Morgan fingerprint density at radius 2 is 2.05 bits per heavy atom. The molecular weight excluding hydrogens is 256 g/mol. The van der Waals surface area contributed by atoms with Crippen molar-refractivity contribution in [2.24, 2.45) is 0 Å². The molecule has 1 aliphatic rings. The van der Waals surface area contributed by atoms with Crippen LogP contribution in [0.4, 0.5) is 5.13 Å². The Hall–Kier alpha value is -0.650. The quantitative estimate of drug-likeness (QED) is 0.810. The highest BCUT2D eigenvalue weighted by molar-refractivity contribution is 7.13. The molecule has 0 amide bonds. The van der Waals surface area contributed by atoms with E-state index in [4.69, 9.17) is 4.98 Å². The zero-order chi connectivity index (χ0) is 13.7. The molecule has 1 aromatic rings. The van der Waals surface area contributed by atoms with Gasteiger partial charge in [-0.3, -0.25) is 4.90 Å². The predicted octanol–water partition coefficient (Wildman–Crippen LogP) is 2.17. The molecule has 0 spiro atoms. The van der Waals surface area contributed by atoms with Crippen LogP contribution < -0.4 is 10.2 Å². The molecule has 0 bridgehead atoms. The van der Waals surface area contributed by atoms with Crippen LogP contribution in [-0.4, -0.2) is 48.6 Å². The van der Waals surface area contributed by atoms with Gasteiger partial charge in [0.1, 0.15) is 0 Å². The van der Waals surface area contributed by atoms with E-state index in [-0.39, 0.29) is 0 Å². The van der Waals surface area contributed by atoms with Gasteiger partial charge >= 0.3 is 0 Å². The third-order valence-corrected chi connectivity index (χ3v) is 4.54. The maximum atomic E-state index is 4.74. The van der Waals surface area contributed by atoms with E-state index in [2.05, 4.69) is 41.3 Å². The number of hydrogen-bond donors (Lipinski definition) is 1. The first-order valence-electron chi connectivity index (χ1n) is 7.34. The van der Waals surface area contributed by atoms with Gasteiger partial charge in [-0.05, 0) is 26.8 Å². The summed E-state index contributed by atoms with van der Waals surface area (Å²) in [6, 6.07) is 0.659. The third kappa shape index (κ3) is 4.16. The van der Waals surface area contributed by atoms with Gasteiger partial charge < -0.3 is 10.2 Å².